The number of anilines is 2. The lowest BCUT2D eigenvalue weighted by Crippen LogP contribution is -2.35. The van der Waals surface area contributed by atoms with E-state index in [0.29, 0.717) is 30.9 Å². The third-order valence-corrected chi connectivity index (χ3v) is 3.64. The molecule has 21 heavy (non-hydrogen) atoms. The second-order valence-corrected chi connectivity index (χ2v) is 5.33. The summed E-state index contributed by atoms with van der Waals surface area (Å²) >= 11 is 0. The van der Waals surface area contributed by atoms with Crippen LogP contribution in [-0.4, -0.2) is 54.8 Å². The lowest BCUT2D eigenvalue weighted by atomic mass is 10.2. The van der Waals surface area contributed by atoms with E-state index in [4.69, 9.17) is 5.73 Å². The first-order valence-electron chi connectivity index (χ1n) is 7.17. The Balaban J connectivity index is 1.81. The summed E-state index contributed by atoms with van der Waals surface area (Å²) in [5, 5.41) is 2.80. The van der Waals surface area contributed by atoms with Gasteiger partial charge < -0.3 is 16.0 Å². The van der Waals surface area contributed by atoms with Crippen LogP contribution in [0.3, 0.4) is 0 Å². The van der Waals surface area contributed by atoms with Crippen LogP contribution in [0.5, 0.6) is 0 Å². The third-order valence-electron chi connectivity index (χ3n) is 3.64. The van der Waals surface area contributed by atoms with Crippen molar-refractivity contribution in [3.8, 4) is 0 Å². The summed E-state index contributed by atoms with van der Waals surface area (Å²) in [5.74, 6) is 0.0261. The van der Waals surface area contributed by atoms with Gasteiger partial charge in [0.25, 0.3) is 0 Å². The van der Waals surface area contributed by atoms with Crippen LogP contribution >= 0.6 is 0 Å². The van der Waals surface area contributed by atoms with Crippen LogP contribution in [-0.2, 0) is 9.59 Å². The fourth-order valence-corrected chi connectivity index (χ4v) is 2.32. The number of para-hydroxylation sites is 2. The monoisotopic (exact) mass is 290 g/mol. The summed E-state index contributed by atoms with van der Waals surface area (Å²) < 4.78 is 0. The molecule has 1 heterocycles. The maximum absolute atomic E-state index is 12.0. The Morgan fingerprint density at radius 1 is 1.33 bits per heavy atom. The number of rotatable bonds is 4. The average Bonchev–Trinajstić information content (AvgIpc) is 2.61. The zero-order valence-corrected chi connectivity index (χ0v) is 12.3. The lowest BCUT2D eigenvalue weighted by molar-refractivity contribution is -0.130. The Kier molecular flexibility index (Phi) is 5.16. The van der Waals surface area contributed by atoms with E-state index in [2.05, 4.69) is 5.32 Å². The molecule has 114 valence electrons. The van der Waals surface area contributed by atoms with Crippen molar-refractivity contribution in [1.82, 2.24) is 9.80 Å². The lowest BCUT2D eigenvalue weighted by Gasteiger charge is -2.19. The molecule has 0 atom stereocenters. The molecule has 0 unspecified atom stereocenters. The topological polar surface area (TPSA) is 78.7 Å². The molecule has 0 aliphatic carbocycles. The van der Waals surface area contributed by atoms with E-state index < -0.39 is 0 Å². The Morgan fingerprint density at radius 2 is 2.10 bits per heavy atom. The molecule has 2 rings (SSSR count). The minimum absolute atomic E-state index is 0.0852. The highest BCUT2D eigenvalue weighted by Crippen LogP contribution is 2.16. The number of amides is 2. The van der Waals surface area contributed by atoms with E-state index in [1.165, 1.54) is 0 Å². The predicted octanol–water partition coefficient (Wildman–Crippen LogP) is 0.761. The van der Waals surface area contributed by atoms with Crippen LogP contribution in [0.1, 0.15) is 12.8 Å². The SMILES string of the molecule is CN1CCCN(CCC(=O)Nc2ccccc2N)CC1=O. The van der Waals surface area contributed by atoms with E-state index in [-0.39, 0.29) is 11.8 Å². The van der Waals surface area contributed by atoms with Gasteiger partial charge in [-0.05, 0) is 18.6 Å². The van der Waals surface area contributed by atoms with Crippen LogP contribution in [0, 0.1) is 0 Å². The number of hydrogen-bond acceptors (Lipinski definition) is 4. The van der Waals surface area contributed by atoms with Gasteiger partial charge in [-0.3, -0.25) is 14.5 Å². The van der Waals surface area contributed by atoms with E-state index >= 15 is 0 Å². The Morgan fingerprint density at radius 3 is 2.86 bits per heavy atom. The number of carbonyl (C=O) groups is 2. The van der Waals surface area contributed by atoms with Gasteiger partial charge in [0.2, 0.25) is 11.8 Å². The van der Waals surface area contributed by atoms with Crippen LogP contribution in [0.15, 0.2) is 24.3 Å². The van der Waals surface area contributed by atoms with Gasteiger partial charge in [0.15, 0.2) is 0 Å². The van der Waals surface area contributed by atoms with Gasteiger partial charge in [-0.25, -0.2) is 0 Å². The second-order valence-electron chi connectivity index (χ2n) is 5.33. The number of likely N-dealkylation sites (N-methyl/N-ethyl adjacent to an activating group) is 1. The van der Waals surface area contributed by atoms with Gasteiger partial charge in [-0.15, -0.1) is 0 Å². The number of nitrogens with two attached hydrogens (primary N) is 1. The van der Waals surface area contributed by atoms with E-state index in [1.807, 2.05) is 24.1 Å². The highest BCUT2D eigenvalue weighted by atomic mass is 16.2. The quantitative estimate of drug-likeness (QED) is 0.803. The van der Waals surface area contributed by atoms with Crippen molar-refractivity contribution in [3.05, 3.63) is 24.3 Å². The molecule has 1 aliphatic heterocycles. The van der Waals surface area contributed by atoms with Crippen molar-refractivity contribution in [2.24, 2.45) is 0 Å². The van der Waals surface area contributed by atoms with Gasteiger partial charge in [0.1, 0.15) is 0 Å². The van der Waals surface area contributed by atoms with E-state index in [1.54, 1.807) is 17.0 Å². The molecule has 2 amide bonds. The summed E-state index contributed by atoms with van der Waals surface area (Å²) in [6.07, 6.45) is 1.29. The second kappa shape index (κ2) is 7.08. The van der Waals surface area contributed by atoms with Crippen molar-refractivity contribution in [3.63, 3.8) is 0 Å². The van der Waals surface area contributed by atoms with Crippen molar-refractivity contribution in [2.75, 3.05) is 44.3 Å². The van der Waals surface area contributed by atoms with Crippen molar-refractivity contribution < 1.29 is 9.59 Å². The molecule has 0 aromatic heterocycles. The number of nitrogen functional groups attached to an aromatic ring is 1. The Labute approximate surface area is 124 Å². The van der Waals surface area contributed by atoms with Gasteiger partial charge >= 0.3 is 0 Å². The first-order chi connectivity index (χ1) is 10.1. The van der Waals surface area contributed by atoms with Crippen molar-refractivity contribution >= 4 is 23.2 Å². The summed E-state index contributed by atoms with van der Waals surface area (Å²) in [7, 11) is 1.82. The molecule has 3 N–H and O–H groups in total. The van der Waals surface area contributed by atoms with Crippen molar-refractivity contribution in [1.29, 1.82) is 0 Å². The number of nitrogens with zero attached hydrogens (tertiary/aromatic N) is 2. The van der Waals surface area contributed by atoms with Gasteiger partial charge in [-0.2, -0.15) is 0 Å². The fourth-order valence-electron chi connectivity index (χ4n) is 2.32. The summed E-state index contributed by atoms with van der Waals surface area (Å²) in [4.78, 5) is 27.5. The largest absolute Gasteiger partial charge is 0.397 e. The molecule has 1 aromatic rings. The third kappa shape index (κ3) is 4.46. The average molecular weight is 290 g/mol. The molecule has 0 radical (unpaired) electrons. The molecule has 1 saturated heterocycles. The standard InChI is InChI=1S/C15H22N4O2/c1-18-8-4-9-19(11-15(18)21)10-7-14(20)17-13-6-3-2-5-12(13)16/h2-3,5-6H,4,7-11,16H2,1H3,(H,17,20). The Hall–Kier alpha value is -2.08. The van der Waals surface area contributed by atoms with Crippen LogP contribution < -0.4 is 11.1 Å². The molecule has 1 aliphatic rings. The smallest absolute Gasteiger partial charge is 0.236 e. The first kappa shape index (κ1) is 15.3. The van der Waals surface area contributed by atoms with Crippen LogP contribution in [0.25, 0.3) is 0 Å². The molecule has 0 bridgehead atoms. The molecule has 6 heteroatoms. The highest BCUT2D eigenvalue weighted by molar-refractivity contribution is 5.93. The Bertz CT molecular complexity index is 518. The molecule has 6 nitrogen and oxygen atoms in total. The number of benzene rings is 1. The van der Waals surface area contributed by atoms with E-state index in [0.717, 1.165) is 19.5 Å². The summed E-state index contributed by atoms with van der Waals surface area (Å²) in [6.45, 7) is 2.59. The minimum atomic E-state index is -0.0852. The van der Waals surface area contributed by atoms with Crippen LogP contribution in [0.4, 0.5) is 11.4 Å². The molecule has 1 aromatic carbocycles. The summed E-state index contributed by atoms with van der Waals surface area (Å²) in [5.41, 5.74) is 6.97. The van der Waals surface area contributed by atoms with Gasteiger partial charge in [-0.1, -0.05) is 12.1 Å². The zero-order valence-electron chi connectivity index (χ0n) is 12.3. The molecular weight excluding hydrogens is 268 g/mol. The molecule has 1 fully saturated rings. The molecule has 0 saturated carbocycles. The highest BCUT2D eigenvalue weighted by Gasteiger charge is 2.19. The number of carbonyl (C=O) groups excluding carboxylic acids is 2. The van der Waals surface area contributed by atoms with Crippen LogP contribution in [0.2, 0.25) is 0 Å². The molecular formula is C15H22N4O2. The predicted molar refractivity (Wildman–Crippen MR) is 82.8 cm³/mol. The molecule has 0 spiro atoms. The maximum atomic E-state index is 12.0. The minimum Gasteiger partial charge on any atom is -0.397 e. The first-order valence-corrected chi connectivity index (χ1v) is 7.17. The fraction of sp³-hybridized carbons (Fsp3) is 0.467. The van der Waals surface area contributed by atoms with E-state index in [9.17, 15) is 9.59 Å². The maximum Gasteiger partial charge on any atom is 0.236 e. The number of nitrogens with one attached hydrogen (secondary N) is 1. The van der Waals surface area contributed by atoms with Crippen molar-refractivity contribution in [2.45, 2.75) is 12.8 Å². The zero-order chi connectivity index (χ0) is 15.2. The van der Waals surface area contributed by atoms with Gasteiger partial charge in [0.05, 0.1) is 17.9 Å². The van der Waals surface area contributed by atoms with Gasteiger partial charge in [0, 0.05) is 33.1 Å². The normalized spacial score (nSPS) is 16.6. The number of hydrogen-bond donors (Lipinski definition) is 2. The summed E-state index contributed by atoms with van der Waals surface area (Å²) in [6, 6.07) is 7.18.